The standard InChI is InChI=1S/C11H12O4/c1-2-11(13)15-10-5-3-9(4-6-10)14-8-7-12/h2-6,12H,1,7-8H2. The molecule has 0 unspecified atom stereocenters. The number of rotatable bonds is 5. The Hall–Kier alpha value is -1.81. The Balaban J connectivity index is 2.55. The van der Waals surface area contributed by atoms with Gasteiger partial charge in [-0.2, -0.15) is 0 Å². The Bertz CT molecular complexity index is 329. The van der Waals surface area contributed by atoms with E-state index < -0.39 is 5.97 Å². The molecule has 1 aromatic rings. The van der Waals surface area contributed by atoms with Gasteiger partial charge in [-0.05, 0) is 24.3 Å². The molecule has 1 N–H and O–H groups in total. The lowest BCUT2D eigenvalue weighted by Gasteiger charge is -2.05. The van der Waals surface area contributed by atoms with E-state index in [1.54, 1.807) is 24.3 Å². The third-order valence-electron chi connectivity index (χ3n) is 1.57. The van der Waals surface area contributed by atoms with Crippen molar-refractivity contribution in [1.82, 2.24) is 0 Å². The van der Waals surface area contributed by atoms with E-state index in [0.717, 1.165) is 6.08 Å². The Morgan fingerprint density at radius 2 is 1.93 bits per heavy atom. The number of ether oxygens (including phenoxy) is 2. The highest BCUT2D eigenvalue weighted by Gasteiger charge is 1.99. The van der Waals surface area contributed by atoms with Crippen LogP contribution in [0, 0.1) is 0 Å². The number of aliphatic hydroxyl groups excluding tert-OH is 1. The van der Waals surface area contributed by atoms with E-state index in [-0.39, 0.29) is 13.2 Å². The van der Waals surface area contributed by atoms with Gasteiger partial charge in [-0.25, -0.2) is 4.79 Å². The largest absolute Gasteiger partial charge is 0.491 e. The summed E-state index contributed by atoms with van der Waals surface area (Å²) in [6, 6.07) is 6.52. The molecule has 0 amide bonds. The molecular formula is C11H12O4. The van der Waals surface area contributed by atoms with E-state index in [2.05, 4.69) is 6.58 Å². The molecule has 1 aromatic carbocycles. The smallest absolute Gasteiger partial charge is 0.335 e. The van der Waals surface area contributed by atoms with E-state index in [1.807, 2.05) is 0 Å². The average molecular weight is 208 g/mol. The van der Waals surface area contributed by atoms with Gasteiger partial charge in [-0.3, -0.25) is 0 Å². The second-order valence-corrected chi connectivity index (χ2v) is 2.67. The maximum Gasteiger partial charge on any atom is 0.335 e. The summed E-state index contributed by atoms with van der Waals surface area (Å²) in [6.45, 7) is 3.50. The molecule has 0 atom stereocenters. The molecule has 4 heteroatoms. The summed E-state index contributed by atoms with van der Waals surface area (Å²) in [7, 11) is 0. The number of carbonyl (C=O) groups excluding carboxylic acids is 1. The SMILES string of the molecule is C=CC(=O)Oc1ccc(OCCO)cc1. The van der Waals surface area contributed by atoms with Crippen LogP contribution in [0.15, 0.2) is 36.9 Å². The topological polar surface area (TPSA) is 55.8 Å². The van der Waals surface area contributed by atoms with Crippen LogP contribution in [0.4, 0.5) is 0 Å². The van der Waals surface area contributed by atoms with Crippen LogP contribution in [0.25, 0.3) is 0 Å². The fourth-order valence-corrected chi connectivity index (χ4v) is 0.925. The molecule has 0 bridgehead atoms. The first-order chi connectivity index (χ1) is 7.26. The highest BCUT2D eigenvalue weighted by molar-refractivity contribution is 5.83. The first kappa shape index (κ1) is 11.3. The van der Waals surface area contributed by atoms with E-state index in [9.17, 15) is 4.79 Å². The van der Waals surface area contributed by atoms with Gasteiger partial charge in [0, 0.05) is 6.08 Å². The van der Waals surface area contributed by atoms with Crippen molar-refractivity contribution in [3.63, 3.8) is 0 Å². The van der Waals surface area contributed by atoms with E-state index >= 15 is 0 Å². The zero-order valence-corrected chi connectivity index (χ0v) is 8.18. The molecule has 0 aromatic heterocycles. The molecule has 0 aliphatic heterocycles. The van der Waals surface area contributed by atoms with Crippen molar-refractivity contribution in [2.24, 2.45) is 0 Å². The molecule has 0 aliphatic carbocycles. The van der Waals surface area contributed by atoms with Gasteiger partial charge in [0.05, 0.1) is 6.61 Å². The van der Waals surface area contributed by atoms with Crippen LogP contribution in [-0.4, -0.2) is 24.3 Å². The van der Waals surface area contributed by atoms with Crippen LogP contribution in [0.3, 0.4) is 0 Å². The van der Waals surface area contributed by atoms with Crippen molar-refractivity contribution < 1.29 is 19.4 Å². The van der Waals surface area contributed by atoms with Gasteiger partial charge in [-0.1, -0.05) is 6.58 Å². The molecule has 80 valence electrons. The number of aliphatic hydroxyl groups is 1. The molecule has 0 saturated carbocycles. The normalized spacial score (nSPS) is 9.40. The molecule has 0 saturated heterocycles. The van der Waals surface area contributed by atoms with Crippen molar-refractivity contribution in [2.45, 2.75) is 0 Å². The van der Waals surface area contributed by atoms with Gasteiger partial charge < -0.3 is 14.6 Å². The molecule has 15 heavy (non-hydrogen) atoms. The Morgan fingerprint density at radius 3 is 2.47 bits per heavy atom. The Morgan fingerprint density at radius 1 is 1.33 bits per heavy atom. The van der Waals surface area contributed by atoms with Gasteiger partial charge in [0.15, 0.2) is 0 Å². The predicted molar refractivity (Wildman–Crippen MR) is 54.9 cm³/mol. The summed E-state index contributed by atoms with van der Waals surface area (Å²) < 4.78 is 9.99. The maximum absolute atomic E-state index is 10.8. The average Bonchev–Trinajstić information content (AvgIpc) is 2.28. The summed E-state index contributed by atoms with van der Waals surface area (Å²) in [4.78, 5) is 10.8. The van der Waals surface area contributed by atoms with Crippen molar-refractivity contribution in [2.75, 3.05) is 13.2 Å². The molecule has 0 aliphatic rings. The molecule has 1 rings (SSSR count). The minimum absolute atomic E-state index is 0.0345. The summed E-state index contributed by atoms with van der Waals surface area (Å²) in [5, 5.41) is 8.53. The lowest BCUT2D eigenvalue weighted by Crippen LogP contribution is -2.03. The highest BCUT2D eigenvalue weighted by atomic mass is 16.5. The molecule has 0 radical (unpaired) electrons. The zero-order chi connectivity index (χ0) is 11.1. The van der Waals surface area contributed by atoms with Gasteiger partial charge >= 0.3 is 5.97 Å². The number of esters is 1. The zero-order valence-electron chi connectivity index (χ0n) is 8.18. The van der Waals surface area contributed by atoms with Crippen molar-refractivity contribution in [3.8, 4) is 11.5 Å². The number of benzene rings is 1. The molecule has 0 spiro atoms. The quantitative estimate of drug-likeness (QED) is 0.448. The third-order valence-corrected chi connectivity index (χ3v) is 1.57. The third kappa shape index (κ3) is 3.83. The fourth-order valence-electron chi connectivity index (χ4n) is 0.925. The molecule has 4 nitrogen and oxygen atoms in total. The van der Waals surface area contributed by atoms with Crippen LogP contribution < -0.4 is 9.47 Å². The number of hydrogen-bond acceptors (Lipinski definition) is 4. The highest BCUT2D eigenvalue weighted by Crippen LogP contribution is 2.17. The van der Waals surface area contributed by atoms with Gasteiger partial charge in [0.2, 0.25) is 0 Å². The van der Waals surface area contributed by atoms with E-state index in [4.69, 9.17) is 14.6 Å². The van der Waals surface area contributed by atoms with Gasteiger partial charge in [-0.15, -0.1) is 0 Å². The monoisotopic (exact) mass is 208 g/mol. The molecule has 0 fully saturated rings. The summed E-state index contributed by atoms with van der Waals surface area (Å²) in [6.07, 6.45) is 1.09. The first-order valence-corrected chi connectivity index (χ1v) is 4.44. The first-order valence-electron chi connectivity index (χ1n) is 4.44. The summed E-state index contributed by atoms with van der Waals surface area (Å²) in [5.74, 6) is 0.540. The van der Waals surface area contributed by atoms with Gasteiger partial charge in [0.25, 0.3) is 0 Å². The minimum atomic E-state index is -0.501. The summed E-state index contributed by atoms with van der Waals surface area (Å²) in [5.41, 5.74) is 0. The van der Waals surface area contributed by atoms with Crippen molar-refractivity contribution in [1.29, 1.82) is 0 Å². The lowest BCUT2D eigenvalue weighted by molar-refractivity contribution is -0.128. The van der Waals surface area contributed by atoms with Crippen molar-refractivity contribution >= 4 is 5.97 Å². The van der Waals surface area contributed by atoms with E-state index in [0.29, 0.717) is 11.5 Å². The Kier molecular flexibility index (Phi) is 4.37. The summed E-state index contributed by atoms with van der Waals surface area (Å²) >= 11 is 0. The van der Waals surface area contributed by atoms with Crippen LogP contribution >= 0.6 is 0 Å². The van der Waals surface area contributed by atoms with E-state index in [1.165, 1.54) is 0 Å². The number of carbonyl (C=O) groups is 1. The number of hydrogen-bond donors (Lipinski definition) is 1. The van der Waals surface area contributed by atoms with Crippen LogP contribution in [-0.2, 0) is 4.79 Å². The van der Waals surface area contributed by atoms with Crippen LogP contribution in [0.2, 0.25) is 0 Å². The second kappa shape index (κ2) is 5.82. The molecular weight excluding hydrogens is 196 g/mol. The fraction of sp³-hybridized carbons (Fsp3) is 0.182. The minimum Gasteiger partial charge on any atom is -0.491 e. The Labute approximate surface area is 87.7 Å². The second-order valence-electron chi connectivity index (χ2n) is 2.67. The van der Waals surface area contributed by atoms with Gasteiger partial charge in [0.1, 0.15) is 18.1 Å². The molecule has 0 heterocycles. The lowest BCUT2D eigenvalue weighted by atomic mass is 10.3. The van der Waals surface area contributed by atoms with Crippen molar-refractivity contribution in [3.05, 3.63) is 36.9 Å². The van der Waals surface area contributed by atoms with Crippen LogP contribution in [0.1, 0.15) is 0 Å². The van der Waals surface area contributed by atoms with Crippen LogP contribution in [0.5, 0.6) is 11.5 Å². The maximum atomic E-state index is 10.8. The predicted octanol–water partition coefficient (Wildman–Crippen LogP) is 1.15.